The number of hydrogen-bond acceptors (Lipinski definition) is 5. The van der Waals surface area contributed by atoms with Crippen LogP contribution < -0.4 is 5.43 Å². The van der Waals surface area contributed by atoms with Crippen molar-refractivity contribution in [1.29, 1.82) is 0 Å². The summed E-state index contributed by atoms with van der Waals surface area (Å²) in [6, 6.07) is 20.3. The average Bonchev–Trinajstić information content (AvgIpc) is 3.18. The van der Waals surface area contributed by atoms with Crippen LogP contribution in [-0.2, 0) is 6.54 Å². The molecule has 0 saturated carbocycles. The number of carboxylic acids is 1. The fourth-order valence-electron chi connectivity index (χ4n) is 2.97. The molecule has 2 N–H and O–H groups in total. The molecule has 0 radical (unpaired) electrons. The number of aromatic carboxylic acids is 1. The minimum absolute atomic E-state index is 0.227. The van der Waals surface area contributed by atoms with Gasteiger partial charge in [-0.15, -0.1) is 0 Å². The summed E-state index contributed by atoms with van der Waals surface area (Å²) in [5, 5.41) is 18.0. The van der Waals surface area contributed by atoms with Crippen molar-refractivity contribution in [2.45, 2.75) is 6.54 Å². The number of aromatic nitrogens is 3. The molecule has 7 nitrogen and oxygen atoms in total. The number of nitrogens with zero attached hydrogens (tertiary/aromatic N) is 4. The molecule has 2 aromatic heterocycles. The highest BCUT2D eigenvalue weighted by molar-refractivity contribution is 5.89. The van der Waals surface area contributed by atoms with Crippen LogP contribution in [0.5, 0.6) is 0 Å². The van der Waals surface area contributed by atoms with Gasteiger partial charge in [0.25, 0.3) is 0 Å². The summed E-state index contributed by atoms with van der Waals surface area (Å²) in [4.78, 5) is 15.1. The minimum Gasteiger partial charge on any atom is -0.478 e. The van der Waals surface area contributed by atoms with Crippen molar-refractivity contribution in [3.63, 3.8) is 0 Å². The van der Waals surface area contributed by atoms with Crippen molar-refractivity contribution in [3.05, 3.63) is 102 Å². The first-order chi connectivity index (χ1) is 14.7. The standard InChI is InChI=1S/C23H19N5O2/c29-23(30)18-8-10-21(11-9-18)26-25-14-20-16-28(15-17-5-2-1-3-6-17)27-22(20)19-7-4-12-24-13-19/h1-14,16,26H,15H2,(H,29,30)/b25-14+. The monoisotopic (exact) mass is 397 g/mol. The number of hydrazone groups is 1. The number of anilines is 1. The Kier molecular flexibility index (Phi) is 5.61. The summed E-state index contributed by atoms with van der Waals surface area (Å²) in [7, 11) is 0. The molecule has 0 bridgehead atoms. The second-order valence-electron chi connectivity index (χ2n) is 6.61. The first kappa shape index (κ1) is 19.1. The number of benzene rings is 2. The number of nitrogens with one attached hydrogen (secondary N) is 1. The Morgan fingerprint density at radius 2 is 1.87 bits per heavy atom. The number of pyridine rings is 1. The van der Waals surface area contributed by atoms with Gasteiger partial charge in [-0.2, -0.15) is 10.2 Å². The van der Waals surface area contributed by atoms with E-state index < -0.39 is 5.97 Å². The first-order valence-electron chi connectivity index (χ1n) is 9.33. The molecule has 0 unspecified atom stereocenters. The van der Waals surface area contributed by atoms with Crippen LogP contribution in [0.4, 0.5) is 5.69 Å². The van der Waals surface area contributed by atoms with E-state index in [0.717, 1.165) is 22.4 Å². The number of rotatable bonds is 7. The SMILES string of the molecule is O=C(O)c1ccc(N/N=C/c2cn(Cc3ccccc3)nc2-c2cccnc2)cc1. The van der Waals surface area contributed by atoms with Crippen LogP contribution in [0.2, 0.25) is 0 Å². The second-order valence-corrected chi connectivity index (χ2v) is 6.61. The maximum atomic E-state index is 11.0. The van der Waals surface area contributed by atoms with Crippen LogP contribution in [0.25, 0.3) is 11.3 Å². The highest BCUT2D eigenvalue weighted by atomic mass is 16.4. The highest BCUT2D eigenvalue weighted by Crippen LogP contribution is 2.20. The van der Waals surface area contributed by atoms with E-state index in [-0.39, 0.29) is 5.56 Å². The van der Waals surface area contributed by atoms with E-state index in [4.69, 9.17) is 10.2 Å². The Balaban J connectivity index is 1.57. The molecule has 0 fully saturated rings. The van der Waals surface area contributed by atoms with Crippen molar-refractivity contribution in [1.82, 2.24) is 14.8 Å². The van der Waals surface area contributed by atoms with Crippen LogP contribution in [0, 0.1) is 0 Å². The zero-order valence-electron chi connectivity index (χ0n) is 16.0. The van der Waals surface area contributed by atoms with Crippen molar-refractivity contribution < 1.29 is 9.90 Å². The van der Waals surface area contributed by atoms with Gasteiger partial charge in [0.05, 0.1) is 24.0 Å². The quantitative estimate of drug-likeness (QED) is 0.361. The van der Waals surface area contributed by atoms with Crippen LogP contribution in [0.1, 0.15) is 21.5 Å². The lowest BCUT2D eigenvalue weighted by Gasteiger charge is -2.01. The summed E-state index contributed by atoms with van der Waals surface area (Å²) < 4.78 is 1.88. The van der Waals surface area contributed by atoms with E-state index in [1.165, 1.54) is 12.1 Å². The van der Waals surface area contributed by atoms with Gasteiger partial charge in [0.2, 0.25) is 0 Å². The Morgan fingerprint density at radius 1 is 1.07 bits per heavy atom. The zero-order chi connectivity index (χ0) is 20.8. The highest BCUT2D eigenvalue weighted by Gasteiger charge is 2.10. The molecule has 0 aliphatic heterocycles. The molecule has 2 heterocycles. The van der Waals surface area contributed by atoms with Crippen LogP contribution in [0.3, 0.4) is 0 Å². The van der Waals surface area contributed by atoms with E-state index in [2.05, 4.69) is 27.6 Å². The van der Waals surface area contributed by atoms with Gasteiger partial charge in [-0.25, -0.2) is 4.79 Å². The van der Waals surface area contributed by atoms with Crippen molar-refractivity contribution in [2.75, 3.05) is 5.43 Å². The number of carboxylic acid groups (broad SMARTS) is 1. The topological polar surface area (TPSA) is 92.4 Å². The normalized spacial score (nSPS) is 10.9. The van der Waals surface area contributed by atoms with Gasteiger partial charge < -0.3 is 5.11 Å². The smallest absolute Gasteiger partial charge is 0.335 e. The molecule has 4 rings (SSSR count). The molecule has 7 heteroatoms. The molecule has 0 aliphatic rings. The first-order valence-corrected chi connectivity index (χ1v) is 9.33. The van der Waals surface area contributed by atoms with E-state index in [9.17, 15) is 4.79 Å². The van der Waals surface area contributed by atoms with Crippen LogP contribution >= 0.6 is 0 Å². The van der Waals surface area contributed by atoms with Gasteiger partial charge in [-0.1, -0.05) is 30.3 Å². The average molecular weight is 397 g/mol. The van der Waals surface area contributed by atoms with Crippen molar-refractivity contribution >= 4 is 17.9 Å². The van der Waals surface area contributed by atoms with Crippen LogP contribution in [-0.4, -0.2) is 32.1 Å². The summed E-state index contributed by atoms with van der Waals surface area (Å²) in [6.07, 6.45) is 7.13. The van der Waals surface area contributed by atoms with Gasteiger partial charge in [-0.05, 0) is 42.0 Å². The number of hydrogen-bond donors (Lipinski definition) is 2. The second kappa shape index (κ2) is 8.83. The van der Waals surface area contributed by atoms with Crippen LogP contribution in [0.15, 0.2) is 90.4 Å². The van der Waals surface area contributed by atoms with Gasteiger partial charge in [-0.3, -0.25) is 15.1 Å². The van der Waals surface area contributed by atoms with E-state index in [1.54, 1.807) is 30.7 Å². The summed E-state index contributed by atoms with van der Waals surface area (Å²) >= 11 is 0. The van der Waals surface area contributed by atoms with Gasteiger partial charge in [0.15, 0.2) is 0 Å². The molecule has 2 aromatic carbocycles. The third kappa shape index (κ3) is 4.59. The third-order valence-corrected chi connectivity index (χ3v) is 4.44. The molecule has 4 aromatic rings. The Bertz CT molecular complexity index is 1150. The molecular weight excluding hydrogens is 378 g/mol. The fourth-order valence-corrected chi connectivity index (χ4v) is 2.97. The summed E-state index contributed by atoms with van der Waals surface area (Å²) in [6.45, 7) is 0.645. The van der Waals surface area contributed by atoms with Gasteiger partial charge in [0.1, 0.15) is 5.69 Å². The van der Waals surface area contributed by atoms with E-state index in [1.807, 2.05) is 41.2 Å². The molecule has 0 atom stereocenters. The number of carbonyl (C=O) groups is 1. The van der Waals surface area contributed by atoms with Gasteiger partial charge >= 0.3 is 5.97 Å². The van der Waals surface area contributed by atoms with Crippen molar-refractivity contribution in [3.8, 4) is 11.3 Å². The predicted octanol–water partition coefficient (Wildman–Crippen LogP) is 4.14. The fraction of sp³-hybridized carbons (Fsp3) is 0.0435. The maximum Gasteiger partial charge on any atom is 0.335 e. The largest absolute Gasteiger partial charge is 0.478 e. The molecule has 0 saturated heterocycles. The zero-order valence-corrected chi connectivity index (χ0v) is 16.0. The van der Waals surface area contributed by atoms with Gasteiger partial charge in [0, 0.05) is 29.7 Å². The van der Waals surface area contributed by atoms with E-state index in [0.29, 0.717) is 12.2 Å². The lowest BCUT2D eigenvalue weighted by molar-refractivity contribution is 0.0697. The Morgan fingerprint density at radius 3 is 2.57 bits per heavy atom. The molecular formula is C23H19N5O2. The Labute approximate surface area is 173 Å². The summed E-state index contributed by atoms with van der Waals surface area (Å²) in [5.74, 6) is -0.961. The van der Waals surface area contributed by atoms with Crippen molar-refractivity contribution in [2.24, 2.45) is 5.10 Å². The molecule has 148 valence electrons. The lowest BCUT2D eigenvalue weighted by atomic mass is 10.1. The summed E-state index contributed by atoms with van der Waals surface area (Å²) in [5.41, 5.74) is 7.51. The molecule has 30 heavy (non-hydrogen) atoms. The molecule has 0 aliphatic carbocycles. The molecule has 0 amide bonds. The lowest BCUT2D eigenvalue weighted by Crippen LogP contribution is -2.00. The van der Waals surface area contributed by atoms with E-state index >= 15 is 0 Å². The molecule has 0 spiro atoms. The Hall–Kier alpha value is -4.26. The minimum atomic E-state index is -0.961. The predicted molar refractivity (Wildman–Crippen MR) is 116 cm³/mol. The maximum absolute atomic E-state index is 11.0. The third-order valence-electron chi connectivity index (χ3n) is 4.44.